The molecule has 0 amide bonds. The Morgan fingerprint density at radius 2 is 1.33 bits per heavy atom. The number of rotatable bonds is 3. The van der Waals surface area contributed by atoms with Gasteiger partial charge < -0.3 is 0 Å². The molecule has 0 bridgehead atoms. The van der Waals surface area contributed by atoms with Crippen LogP contribution in [0.1, 0.15) is 75.3 Å². The van der Waals surface area contributed by atoms with Crippen molar-refractivity contribution < 1.29 is 8.78 Å². The van der Waals surface area contributed by atoms with Gasteiger partial charge in [0.1, 0.15) is 11.6 Å². The minimum absolute atomic E-state index is 0.232. The van der Waals surface area contributed by atoms with Crippen molar-refractivity contribution in [3.63, 3.8) is 0 Å². The molecule has 2 aliphatic rings. The van der Waals surface area contributed by atoms with Crippen LogP contribution in [0.2, 0.25) is 0 Å². The van der Waals surface area contributed by atoms with Gasteiger partial charge in [0.05, 0.1) is 0 Å². The Morgan fingerprint density at radius 3 is 1.90 bits per heavy atom. The Labute approximate surface area is 184 Å². The smallest absolute Gasteiger partial charge is 0.131 e. The topological polar surface area (TPSA) is 0 Å². The van der Waals surface area contributed by atoms with E-state index in [-0.39, 0.29) is 11.6 Å². The van der Waals surface area contributed by atoms with E-state index in [0.717, 1.165) is 23.3 Å². The normalized spacial score (nSPS) is 26.6. The van der Waals surface area contributed by atoms with Crippen LogP contribution in [-0.4, -0.2) is 6.66 Å². The molecule has 0 spiro atoms. The zero-order valence-corrected chi connectivity index (χ0v) is 19.9. The van der Waals surface area contributed by atoms with Crippen LogP contribution in [0.4, 0.5) is 8.78 Å². The molecular formula is C27H37F2P. The van der Waals surface area contributed by atoms with Crippen molar-refractivity contribution >= 4 is 9.24 Å². The molecule has 4 rings (SSSR count). The highest BCUT2D eigenvalue weighted by atomic mass is 31.0. The monoisotopic (exact) mass is 430 g/mol. The van der Waals surface area contributed by atoms with Crippen molar-refractivity contribution in [1.29, 1.82) is 0 Å². The first-order valence-corrected chi connectivity index (χ1v) is 12.8. The average Bonchev–Trinajstić information content (AvgIpc) is 2.78. The molecule has 0 aromatic heterocycles. The van der Waals surface area contributed by atoms with E-state index in [1.807, 2.05) is 12.7 Å². The molecule has 0 radical (unpaired) electrons. The zero-order chi connectivity index (χ0) is 21.7. The van der Waals surface area contributed by atoms with Crippen LogP contribution in [-0.2, 0) is 0 Å². The van der Waals surface area contributed by atoms with Crippen LogP contribution in [0.5, 0.6) is 0 Å². The first-order chi connectivity index (χ1) is 14.5. The Kier molecular flexibility index (Phi) is 8.46. The lowest BCUT2D eigenvalue weighted by Crippen LogP contribution is -2.24. The lowest BCUT2D eigenvalue weighted by molar-refractivity contribution is 0.165. The molecule has 1 unspecified atom stereocenters. The summed E-state index contributed by atoms with van der Waals surface area (Å²) in [7, 11) is 2.42. The van der Waals surface area contributed by atoms with Crippen molar-refractivity contribution in [2.75, 3.05) is 6.66 Å². The van der Waals surface area contributed by atoms with E-state index < -0.39 is 0 Å². The quantitative estimate of drug-likeness (QED) is 0.428. The Bertz CT molecular complexity index is 816. The van der Waals surface area contributed by atoms with Gasteiger partial charge in [0, 0.05) is 5.56 Å². The predicted octanol–water partition coefficient (Wildman–Crippen LogP) is 8.53. The number of benzene rings is 2. The maximum absolute atomic E-state index is 14.8. The van der Waals surface area contributed by atoms with Crippen molar-refractivity contribution in [2.45, 2.75) is 71.1 Å². The van der Waals surface area contributed by atoms with Crippen LogP contribution in [0, 0.1) is 36.3 Å². The molecule has 0 heterocycles. The highest BCUT2D eigenvalue weighted by molar-refractivity contribution is 7.15. The summed E-state index contributed by atoms with van der Waals surface area (Å²) < 4.78 is 28.7. The zero-order valence-electron chi connectivity index (χ0n) is 18.8. The molecule has 164 valence electrons. The third-order valence-electron chi connectivity index (χ3n) is 7.45. The lowest BCUT2D eigenvalue weighted by Gasteiger charge is -2.37. The van der Waals surface area contributed by atoms with Crippen LogP contribution in [0.3, 0.4) is 0 Å². The molecule has 3 heteroatoms. The van der Waals surface area contributed by atoms with Gasteiger partial charge in [0.25, 0.3) is 0 Å². The van der Waals surface area contributed by atoms with Crippen molar-refractivity contribution in [2.24, 2.45) is 17.8 Å². The highest BCUT2D eigenvalue weighted by Crippen LogP contribution is 2.44. The van der Waals surface area contributed by atoms with Gasteiger partial charge in [0.15, 0.2) is 0 Å². The largest absolute Gasteiger partial charge is 0.207 e. The van der Waals surface area contributed by atoms with Gasteiger partial charge in [-0.05, 0) is 97.9 Å². The van der Waals surface area contributed by atoms with E-state index in [1.54, 1.807) is 25.1 Å². The van der Waals surface area contributed by atoms with Crippen LogP contribution in [0.15, 0.2) is 36.4 Å². The second-order valence-corrected chi connectivity index (χ2v) is 9.33. The summed E-state index contributed by atoms with van der Waals surface area (Å²) in [5, 5.41) is 0. The summed E-state index contributed by atoms with van der Waals surface area (Å²) in [5.74, 6) is 2.67. The number of hydrogen-bond donors (Lipinski definition) is 0. The fraction of sp³-hybridized carbons (Fsp3) is 0.556. The minimum Gasteiger partial charge on any atom is -0.207 e. The molecule has 0 nitrogen and oxygen atoms in total. The standard InChI is InChI=1S/C26H32F2.CH5P/c1-17-3-6-19(7-4-17)20-9-11-21(12-10-20)22-13-14-24(26(28)15-22)23-8-5-18(2)25(27)16-23;1-2/h5,8,13-17,19-21H,3-4,6-7,9-12H2,1-2H3;2H2,1H3. The summed E-state index contributed by atoms with van der Waals surface area (Å²) in [6.07, 6.45) is 10.5. The molecule has 1 atom stereocenters. The van der Waals surface area contributed by atoms with Gasteiger partial charge in [-0.3, -0.25) is 0 Å². The van der Waals surface area contributed by atoms with E-state index in [2.05, 4.69) is 22.2 Å². The molecular weight excluding hydrogens is 393 g/mol. The maximum atomic E-state index is 14.8. The fourth-order valence-corrected chi connectivity index (χ4v) is 5.46. The summed E-state index contributed by atoms with van der Waals surface area (Å²) in [6, 6.07) is 10.5. The fourth-order valence-electron chi connectivity index (χ4n) is 5.46. The van der Waals surface area contributed by atoms with Crippen molar-refractivity contribution in [3.8, 4) is 11.1 Å². The summed E-state index contributed by atoms with van der Waals surface area (Å²) in [5.41, 5.74) is 2.81. The summed E-state index contributed by atoms with van der Waals surface area (Å²) >= 11 is 0. The summed E-state index contributed by atoms with van der Waals surface area (Å²) in [6.45, 7) is 6.03. The second-order valence-electron chi connectivity index (χ2n) is 9.33. The van der Waals surface area contributed by atoms with Crippen LogP contribution >= 0.6 is 9.24 Å². The Balaban J connectivity index is 0.00000124. The van der Waals surface area contributed by atoms with Crippen molar-refractivity contribution in [3.05, 3.63) is 59.2 Å². The predicted molar refractivity (Wildman–Crippen MR) is 128 cm³/mol. The van der Waals surface area contributed by atoms with Crippen LogP contribution in [0.25, 0.3) is 11.1 Å². The molecule has 2 aromatic carbocycles. The molecule has 2 aromatic rings. The number of aryl methyl sites for hydroxylation is 1. The first kappa shape index (κ1) is 23.4. The van der Waals surface area contributed by atoms with E-state index in [9.17, 15) is 8.78 Å². The van der Waals surface area contributed by atoms with Gasteiger partial charge in [-0.25, -0.2) is 8.78 Å². The van der Waals surface area contributed by atoms with Crippen molar-refractivity contribution in [1.82, 2.24) is 0 Å². The molecule has 2 saturated carbocycles. The maximum Gasteiger partial charge on any atom is 0.131 e. The van der Waals surface area contributed by atoms with Gasteiger partial charge >= 0.3 is 0 Å². The number of hydrogen-bond acceptors (Lipinski definition) is 0. The van der Waals surface area contributed by atoms with Crippen LogP contribution < -0.4 is 0 Å². The number of halogens is 2. The SMILES string of the molecule is CP.Cc1ccc(-c2ccc(C3CCC(C4CCC(C)CC4)CC3)cc2F)cc1F. The first-order valence-electron chi connectivity index (χ1n) is 11.6. The molecule has 2 aliphatic carbocycles. The average molecular weight is 431 g/mol. The van der Waals surface area contributed by atoms with Gasteiger partial charge in [-0.2, -0.15) is 0 Å². The third-order valence-corrected chi connectivity index (χ3v) is 7.45. The van der Waals surface area contributed by atoms with Gasteiger partial charge in [0.2, 0.25) is 0 Å². The van der Waals surface area contributed by atoms with Gasteiger partial charge in [-0.15, -0.1) is 9.24 Å². The lowest BCUT2D eigenvalue weighted by atomic mass is 9.68. The summed E-state index contributed by atoms with van der Waals surface area (Å²) in [4.78, 5) is 0. The molecule has 0 saturated heterocycles. The van der Waals surface area contributed by atoms with E-state index in [0.29, 0.717) is 22.6 Å². The minimum atomic E-state index is -0.281. The highest BCUT2D eigenvalue weighted by Gasteiger charge is 2.30. The Hall–Kier alpha value is -1.27. The van der Waals surface area contributed by atoms with Gasteiger partial charge in [-0.1, -0.05) is 50.7 Å². The van der Waals surface area contributed by atoms with E-state index >= 15 is 0 Å². The third kappa shape index (κ3) is 5.50. The second kappa shape index (κ2) is 10.9. The molecule has 0 N–H and O–H groups in total. The molecule has 0 aliphatic heterocycles. The molecule has 2 fully saturated rings. The molecule has 30 heavy (non-hydrogen) atoms. The Morgan fingerprint density at radius 1 is 0.733 bits per heavy atom. The van der Waals surface area contributed by atoms with E-state index in [4.69, 9.17) is 0 Å². The van der Waals surface area contributed by atoms with E-state index in [1.165, 1.54) is 57.4 Å².